The third-order valence-corrected chi connectivity index (χ3v) is 6.66. The molecule has 1 aliphatic rings. The number of nitrogens with two attached hydrogens (primary N) is 1. The Morgan fingerprint density at radius 2 is 2.00 bits per heavy atom. The second kappa shape index (κ2) is 8.20. The van der Waals surface area contributed by atoms with Crippen LogP contribution in [0.2, 0.25) is 0 Å². The van der Waals surface area contributed by atoms with Crippen molar-refractivity contribution in [3.63, 3.8) is 0 Å². The number of nitrogens with zero attached hydrogens (tertiary/aromatic N) is 1. The van der Waals surface area contributed by atoms with Gasteiger partial charge in [-0.3, -0.25) is 4.79 Å². The van der Waals surface area contributed by atoms with Crippen LogP contribution in [0.5, 0.6) is 0 Å². The van der Waals surface area contributed by atoms with Crippen molar-refractivity contribution in [1.82, 2.24) is 0 Å². The van der Waals surface area contributed by atoms with Crippen molar-refractivity contribution < 1.29 is 17.6 Å². The topological polar surface area (TPSA) is 106 Å². The zero-order chi connectivity index (χ0) is 22.2. The van der Waals surface area contributed by atoms with Crippen LogP contribution in [0.4, 0.5) is 11.4 Å². The van der Waals surface area contributed by atoms with E-state index >= 15 is 0 Å². The molecule has 7 nitrogen and oxygen atoms in total. The first-order valence-electron chi connectivity index (χ1n) is 10.2. The largest absolute Gasteiger partial charge is 0.467 e. The van der Waals surface area contributed by atoms with Crippen LogP contribution >= 0.6 is 0 Å². The van der Waals surface area contributed by atoms with E-state index in [1.165, 1.54) is 17.9 Å². The number of amides is 1. The van der Waals surface area contributed by atoms with Crippen molar-refractivity contribution in [2.45, 2.75) is 44.2 Å². The van der Waals surface area contributed by atoms with Gasteiger partial charge in [-0.15, -0.1) is 0 Å². The average Bonchev–Trinajstić information content (AvgIpc) is 3.32. The smallest absolute Gasteiger partial charge is 0.259 e. The number of primary sulfonamides is 1. The molecule has 3 aromatic rings. The normalized spacial score (nSPS) is 15.7. The molecule has 0 bridgehead atoms. The zero-order valence-corrected chi connectivity index (χ0v) is 18.3. The van der Waals surface area contributed by atoms with Gasteiger partial charge in [-0.25, -0.2) is 13.6 Å². The molecule has 0 saturated heterocycles. The summed E-state index contributed by atoms with van der Waals surface area (Å²) in [6, 6.07) is 14.9. The number of carbonyl (C=O) groups is 1. The lowest BCUT2D eigenvalue weighted by Crippen LogP contribution is -2.29. The number of rotatable bonds is 6. The maximum absolute atomic E-state index is 12.9. The molecule has 1 amide bonds. The molecule has 1 unspecified atom stereocenters. The first-order valence-corrected chi connectivity index (χ1v) is 11.7. The Labute approximate surface area is 181 Å². The summed E-state index contributed by atoms with van der Waals surface area (Å²) in [5, 5.41) is 8.10. The van der Waals surface area contributed by atoms with E-state index in [1.807, 2.05) is 19.1 Å². The van der Waals surface area contributed by atoms with E-state index in [-0.39, 0.29) is 16.8 Å². The number of sulfonamides is 1. The minimum atomic E-state index is -3.89. The zero-order valence-electron chi connectivity index (χ0n) is 17.5. The molecular weight excluding hydrogens is 414 g/mol. The van der Waals surface area contributed by atoms with Crippen LogP contribution in [0, 0.1) is 0 Å². The van der Waals surface area contributed by atoms with Gasteiger partial charge in [-0.05, 0) is 55.2 Å². The van der Waals surface area contributed by atoms with Crippen molar-refractivity contribution in [3.8, 4) is 0 Å². The lowest BCUT2D eigenvalue weighted by atomic mass is 10.1. The number of aryl methyl sites for hydroxylation is 1. The summed E-state index contributed by atoms with van der Waals surface area (Å²) in [4.78, 5) is 15.2. The van der Waals surface area contributed by atoms with E-state index in [0.717, 1.165) is 12.1 Å². The molecule has 8 heteroatoms. The highest BCUT2D eigenvalue weighted by molar-refractivity contribution is 7.89. The number of hydrogen-bond donors (Lipinski definition) is 2. The van der Waals surface area contributed by atoms with Crippen LogP contribution < -0.4 is 15.4 Å². The number of anilines is 2. The Morgan fingerprint density at radius 3 is 2.74 bits per heavy atom. The van der Waals surface area contributed by atoms with Gasteiger partial charge in [0.2, 0.25) is 10.0 Å². The first-order chi connectivity index (χ1) is 14.8. The maximum Gasteiger partial charge on any atom is 0.259 e. The van der Waals surface area contributed by atoms with Crippen molar-refractivity contribution in [1.29, 1.82) is 0 Å². The van der Waals surface area contributed by atoms with Crippen LogP contribution in [-0.4, -0.2) is 20.4 Å². The number of nitrogens with one attached hydrogen (secondary N) is 1. The Balaban J connectivity index is 1.56. The third kappa shape index (κ3) is 4.22. The van der Waals surface area contributed by atoms with Gasteiger partial charge in [0.15, 0.2) is 0 Å². The minimum absolute atomic E-state index is 0.0164. The fourth-order valence-electron chi connectivity index (χ4n) is 4.08. The molecule has 162 valence electrons. The molecule has 0 spiro atoms. The van der Waals surface area contributed by atoms with Crippen LogP contribution in [0.3, 0.4) is 0 Å². The monoisotopic (exact) mass is 439 g/mol. The number of fused-ring (bicyclic) bond motifs is 1. The van der Waals surface area contributed by atoms with E-state index in [1.54, 1.807) is 18.2 Å². The Kier molecular flexibility index (Phi) is 5.60. The maximum atomic E-state index is 12.9. The fourth-order valence-corrected chi connectivity index (χ4v) is 4.95. The van der Waals surface area contributed by atoms with E-state index < -0.39 is 10.0 Å². The molecule has 2 aromatic carbocycles. The van der Waals surface area contributed by atoms with Gasteiger partial charge in [0.25, 0.3) is 5.91 Å². The Bertz CT molecular complexity index is 1230. The number of para-hydroxylation sites is 1. The molecule has 0 saturated carbocycles. The van der Waals surface area contributed by atoms with Gasteiger partial charge in [0.05, 0.1) is 23.3 Å². The molecule has 31 heavy (non-hydrogen) atoms. The fraction of sp³-hybridized carbons (Fsp3) is 0.261. The van der Waals surface area contributed by atoms with Crippen molar-refractivity contribution >= 4 is 27.3 Å². The third-order valence-electron chi connectivity index (χ3n) is 5.66. The van der Waals surface area contributed by atoms with E-state index in [0.29, 0.717) is 35.5 Å². The van der Waals surface area contributed by atoms with Gasteiger partial charge in [-0.1, -0.05) is 31.2 Å². The Morgan fingerprint density at radius 1 is 1.23 bits per heavy atom. The van der Waals surface area contributed by atoms with Gasteiger partial charge in [-0.2, -0.15) is 0 Å². The number of carbonyl (C=O) groups excluding carboxylic acids is 1. The Hall–Kier alpha value is -3.10. The average molecular weight is 440 g/mol. The molecule has 1 atom stereocenters. The molecule has 0 aliphatic carbocycles. The van der Waals surface area contributed by atoms with Crippen molar-refractivity contribution in [3.05, 3.63) is 77.2 Å². The van der Waals surface area contributed by atoms with Crippen LogP contribution in [-0.2, 0) is 29.4 Å². The van der Waals surface area contributed by atoms with Crippen LogP contribution in [0.25, 0.3) is 0 Å². The predicted molar refractivity (Wildman–Crippen MR) is 120 cm³/mol. The molecular formula is C23H25N3O4S. The van der Waals surface area contributed by atoms with E-state index in [4.69, 9.17) is 9.56 Å². The molecule has 0 radical (unpaired) electrons. The summed E-state index contributed by atoms with van der Waals surface area (Å²) in [6.07, 6.45) is 2.95. The molecule has 3 N–H and O–H groups in total. The first kappa shape index (κ1) is 21.1. The standard InChI is InChI=1S/C23H25N3O4S/c1-3-16-8-9-18(13-22(16)31(24,28)29)25-23(27)19-10-11-30-21(19)14-26-15(2)12-17-6-4-5-7-20(17)26/h4-11,13,15H,3,12,14H2,1-2H3,(H,25,27)(H2,24,28,29). The molecule has 4 rings (SSSR count). The number of furan rings is 1. The quantitative estimate of drug-likeness (QED) is 0.609. The van der Waals surface area contributed by atoms with Crippen LogP contribution in [0.15, 0.2) is 64.1 Å². The second-order valence-corrected chi connectivity index (χ2v) is 9.27. The van der Waals surface area contributed by atoms with Crippen molar-refractivity contribution in [2.24, 2.45) is 5.14 Å². The van der Waals surface area contributed by atoms with Gasteiger partial charge < -0.3 is 14.6 Å². The lowest BCUT2D eigenvalue weighted by molar-refractivity contribution is 0.102. The lowest BCUT2D eigenvalue weighted by Gasteiger charge is -2.24. The summed E-state index contributed by atoms with van der Waals surface area (Å²) >= 11 is 0. The molecule has 1 aromatic heterocycles. The summed E-state index contributed by atoms with van der Waals surface area (Å²) < 4.78 is 29.5. The van der Waals surface area contributed by atoms with Gasteiger partial charge in [0, 0.05) is 17.4 Å². The van der Waals surface area contributed by atoms with Crippen molar-refractivity contribution in [2.75, 3.05) is 10.2 Å². The minimum Gasteiger partial charge on any atom is -0.467 e. The summed E-state index contributed by atoms with van der Waals surface area (Å²) in [5.74, 6) is 0.186. The summed E-state index contributed by atoms with van der Waals surface area (Å²) in [5.41, 5.74) is 3.79. The molecule has 2 heterocycles. The number of hydrogen-bond acceptors (Lipinski definition) is 5. The number of benzene rings is 2. The summed E-state index contributed by atoms with van der Waals surface area (Å²) in [7, 11) is -3.89. The highest BCUT2D eigenvalue weighted by Crippen LogP contribution is 2.33. The molecule has 0 fully saturated rings. The highest BCUT2D eigenvalue weighted by Gasteiger charge is 2.28. The summed E-state index contributed by atoms with van der Waals surface area (Å²) in [6.45, 7) is 4.45. The van der Waals surface area contributed by atoms with Crippen LogP contribution in [0.1, 0.15) is 41.1 Å². The second-order valence-electron chi connectivity index (χ2n) is 7.74. The van der Waals surface area contributed by atoms with Gasteiger partial charge in [0.1, 0.15) is 5.76 Å². The van der Waals surface area contributed by atoms with E-state index in [9.17, 15) is 13.2 Å². The highest BCUT2D eigenvalue weighted by atomic mass is 32.2. The van der Waals surface area contributed by atoms with Gasteiger partial charge >= 0.3 is 0 Å². The molecule has 1 aliphatic heterocycles. The predicted octanol–water partition coefficient (Wildman–Crippen LogP) is 3.69. The van der Waals surface area contributed by atoms with E-state index in [2.05, 4.69) is 29.3 Å². The SMILES string of the molecule is CCc1ccc(NC(=O)c2ccoc2CN2c3ccccc3CC2C)cc1S(N)(=O)=O.